The van der Waals surface area contributed by atoms with Gasteiger partial charge in [0.25, 0.3) is 11.1 Å². The van der Waals surface area contributed by atoms with Crippen LogP contribution in [0.2, 0.25) is 0 Å². The fourth-order valence-corrected chi connectivity index (χ4v) is 1.76. The van der Waals surface area contributed by atoms with E-state index in [1.54, 1.807) is 12.1 Å². The molecule has 0 radical (unpaired) electrons. The number of nitrogens with one attached hydrogen (secondary N) is 2. The average Bonchev–Trinajstić information content (AvgIpc) is 2.31. The van der Waals surface area contributed by atoms with E-state index in [-0.39, 0.29) is 11.1 Å². The van der Waals surface area contributed by atoms with E-state index >= 15 is 0 Å². The van der Waals surface area contributed by atoms with Crippen molar-refractivity contribution < 1.29 is 0 Å². The highest BCUT2D eigenvalue weighted by Crippen LogP contribution is 2.10. The lowest BCUT2D eigenvalue weighted by Gasteiger charge is -2.01. The lowest BCUT2D eigenvalue weighted by atomic mass is 10.1. The number of H-pyrrole nitrogens is 2. The number of hydrogen-bond donors (Lipinski definition) is 2. The molecule has 1 heterocycles. The molecule has 0 spiro atoms. The highest BCUT2D eigenvalue weighted by molar-refractivity contribution is 5.80. The van der Waals surface area contributed by atoms with Gasteiger partial charge in [0.1, 0.15) is 0 Å². The van der Waals surface area contributed by atoms with Gasteiger partial charge in [0.2, 0.25) is 0 Å². The van der Waals surface area contributed by atoms with Crippen LogP contribution in [-0.4, -0.2) is 10.2 Å². The molecule has 0 unspecified atom stereocenters. The second kappa shape index (κ2) is 4.35. The quantitative estimate of drug-likeness (QED) is 0.821. The Balaban J connectivity index is 2.57. The van der Waals surface area contributed by atoms with Gasteiger partial charge >= 0.3 is 0 Å². The molecule has 1 aromatic heterocycles. The van der Waals surface area contributed by atoms with Gasteiger partial charge in [0.15, 0.2) is 0 Å². The predicted octanol–water partition coefficient (Wildman–Crippen LogP) is 1.56. The van der Waals surface area contributed by atoms with E-state index in [0.29, 0.717) is 10.8 Å². The first-order valence-electron chi connectivity index (χ1n) is 5.46. The second-order valence-corrected chi connectivity index (χ2v) is 3.89. The Kier molecular flexibility index (Phi) is 2.90. The smallest absolute Gasteiger partial charge is 0.267 e. The van der Waals surface area contributed by atoms with Crippen molar-refractivity contribution >= 4 is 10.8 Å². The van der Waals surface area contributed by atoms with E-state index in [0.717, 1.165) is 24.8 Å². The third kappa shape index (κ3) is 1.91. The van der Waals surface area contributed by atoms with Gasteiger partial charge in [-0.25, -0.2) is 0 Å². The van der Waals surface area contributed by atoms with Crippen LogP contribution in [-0.2, 0) is 6.42 Å². The molecule has 84 valence electrons. The SMILES string of the molecule is CCCCc1ccc2c(=O)[nH][nH]c(=O)c2c1. The summed E-state index contributed by atoms with van der Waals surface area (Å²) in [5.74, 6) is 0. The molecule has 0 atom stereocenters. The van der Waals surface area contributed by atoms with E-state index in [1.807, 2.05) is 6.07 Å². The Morgan fingerprint density at radius 3 is 2.44 bits per heavy atom. The van der Waals surface area contributed by atoms with Crippen molar-refractivity contribution in [2.75, 3.05) is 0 Å². The lowest BCUT2D eigenvalue weighted by Crippen LogP contribution is -2.18. The number of rotatable bonds is 3. The van der Waals surface area contributed by atoms with Crippen LogP contribution >= 0.6 is 0 Å². The summed E-state index contributed by atoms with van der Waals surface area (Å²) in [6.07, 6.45) is 3.15. The molecular weight excluding hydrogens is 204 g/mol. The molecular formula is C12H14N2O2. The van der Waals surface area contributed by atoms with Gasteiger partial charge < -0.3 is 0 Å². The summed E-state index contributed by atoms with van der Waals surface area (Å²) < 4.78 is 0. The second-order valence-electron chi connectivity index (χ2n) is 3.89. The topological polar surface area (TPSA) is 65.7 Å². The monoisotopic (exact) mass is 218 g/mol. The minimum Gasteiger partial charge on any atom is -0.267 e. The van der Waals surface area contributed by atoms with Crippen LogP contribution in [0.4, 0.5) is 0 Å². The van der Waals surface area contributed by atoms with Crippen LogP contribution in [0.15, 0.2) is 27.8 Å². The van der Waals surface area contributed by atoms with E-state index in [1.165, 1.54) is 0 Å². The molecule has 0 aliphatic carbocycles. The van der Waals surface area contributed by atoms with Crippen LogP contribution in [0.3, 0.4) is 0 Å². The average molecular weight is 218 g/mol. The number of unbranched alkanes of at least 4 members (excludes halogenated alkanes) is 1. The van der Waals surface area contributed by atoms with Gasteiger partial charge in [-0.15, -0.1) is 0 Å². The van der Waals surface area contributed by atoms with Crippen molar-refractivity contribution in [1.82, 2.24) is 10.2 Å². The lowest BCUT2D eigenvalue weighted by molar-refractivity contribution is 0.795. The number of fused-ring (bicyclic) bond motifs is 1. The Morgan fingerprint density at radius 2 is 1.75 bits per heavy atom. The highest BCUT2D eigenvalue weighted by atomic mass is 16.1. The largest absolute Gasteiger partial charge is 0.270 e. The Hall–Kier alpha value is -1.84. The molecule has 16 heavy (non-hydrogen) atoms. The zero-order valence-corrected chi connectivity index (χ0v) is 9.17. The Labute approximate surface area is 92.3 Å². The molecule has 0 saturated heterocycles. The standard InChI is InChI=1S/C12H14N2O2/c1-2-3-4-8-5-6-9-10(7-8)12(16)14-13-11(9)15/h5-7H,2-4H2,1H3,(H,13,15)(H,14,16). The summed E-state index contributed by atoms with van der Waals surface area (Å²) in [5, 5.41) is 5.56. The molecule has 4 heteroatoms. The number of aryl methyl sites for hydroxylation is 1. The first kappa shape index (κ1) is 10.7. The van der Waals surface area contributed by atoms with Crippen LogP contribution in [0.5, 0.6) is 0 Å². The molecule has 1 aromatic carbocycles. The van der Waals surface area contributed by atoms with Crippen LogP contribution in [0, 0.1) is 0 Å². The summed E-state index contributed by atoms with van der Waals surface area (Å²) in [6.45, 7) is 2.12. The van der Waals surface area contributed by atoms with E-state index in [9.17, 15) is 9.59 Å². The van der Waals surface area contributed by atoms with Gasteiger partial charge in [0.05, 0.1) is 10.8 Å². The number of benzene rings is 1. The van der Waals surface area contributed by atoms with Gasteiger partial charge in [-0.2, -0.15) is 0 Å². The molecule has 0 saturated carbocycles. The number of aromatic amines is 2. The maximum absolute atomic E-state index is 11.5. The van der Waals surface area contributed by atoms with Gasteiger partial charge in [-0.1, -0.05) is 19.4 Å². The molecule has 2 N–H and O–H groups in total. The minimum atomic E-state index is -0.253. The zero-order chi connectivity index (χ0) is 11.5. The summed E-state index contributed by atoms with van der Waals surface area (Å²) in [5.41, 5.74) is 0.607. The third-order valence-corrected chi connectivity index (χ3v) is 2.68. The van der Waals surface area contributed by atoms with E-state index in [2.05, 4.69) is 17.1 Å². The highest BCUT2D eigenvalue weighted by Gasteiger charge is 2.03. The van der Waals surface area contributed by atoms with Gasteiger partial charge in [0, 0.05) is 0 Å². The molecule has 0 amide bonds. The predicted molar refractivity (Wildman–Crippen MR) is 63.8 cm³/mol. The summed E-state index contributed by atoms with van der Waals surface area (Å²) in [7, 11) is 0. The Morgan fingerprint density at radius 1 is 1.06 bits per heavy atom. The minimum absolute atomic E-state index is 0.243. The maximum atomic E-state index is 11.5. The first-order chi connectivity index (χ1) is 7.72. The molecule has 4 nitrogen and oxygen atoms in total. The van der Waals surface area contributed by atoms with Crippen molar-refractivity contribution in [1.29, 1.82) is 0 Å². The fourth-order valence-electron chi connectivity index (χ4n) is 1.76. The van der Waals surface area contributed by atoms with Gasteiger partial charge in [-0.05, 0) is 30.5 Å². The van der Waals surface area contributed by atoms with Crippen molar-refractivity contribution in [2.24, 2.45) is 0 Å². The molecule has 0 bridgehead atoms. The third-order valence-electron chi connectivity index (χ3n) is 2.68. The molecule has 0 fully saturated rings. The molecule has 0 aliphatic rings. The number of aromatic nitrogens is 2. The molecule has 0 aliphatic heterocycles. The first-order valence-corrected chi connectivity index (χ1v) is 5.46. The maximum Gasteiger partial charge on any atom is 0.270 e. The van der Waals surface area contributed by atoms with E-state index in [4.69, 9.17) is 0 Å². The Bertz CT molecular complexity index is 610. The van der Waals surface area contributed by atoms with Crippen LogP contribution in [0.1, 0.15) is 25.3 Å². The number of hydrogen-bond acceptors (Lipinski definition) is 2. The summed E-state index contributed by atoms with van der Waals surface area (Å²) >= 11 is 0. The van der Waals surface area contributed by atoms with Crippen molar-refractivity contribution in [3.05, 3.63) is 44.5 Å². The van der Waals surface area contributed by atoms with Crippen molar-refractivity contribution in [3.63, 3.8) is 0 Å². The molecule has 2 aromatic rings. The van der Waals surface area contributed by atoms with Crippen LogP contribution < -0.4 is 11.1 Å². The summed E-state index contributed by atoms with van der Waals surface area (Å²) in [6, 6.07) is 5.43. The van der Waals surface area contributed by atoms with Crippen LogP contribution in [0.25, 0.3) is 10.8 Å². The van der Waals surface area contributed by atoms with E-state index < -0.39 is 0 Å². The fraction of sp³-hybridized carbons (Fsp3) is 0.333. The van der Waals surface area contributed by atoms with Crippen molar-refractivity contribution in [3.8, 4) is 0 Å². The molecule has 2 rings (SSSR count). The normalized spacial score (nSPS) is 10.8. The zero-order valence-electron chi connectivity index (χ0n) is 9.17. The summed E-state index contributed by atoms with van der Waals surface area (Å²) in [4.78, 5) is 23.0. The van der Waals surface area contributed by atoms with Crippen molar-refractivity contribution in [2.45, 2.75) is 26.2 Å². The van der Waals surface area contributed by atoms with Gasteiger partial charge in [-0.3, -0.25) is 19.8 Å².